The molecule has 1 atom stereocenters. The van der Waals surface area contributed by atoms with Gasteiger partial charge in [0.15, 0.2) is 5.37 Å². The lowest BCUT2D eigenvalue weighted by Crippen LogP contribution is -2.54. The zero-order valence-electron chi connectivity index (χ0n) is 23.6. The van der Waals surface area contributed by atoms with E-state index in [9.17, 15) is 14.4 Å². The highest BCUT2D eigenvalue weighted by Crippen LogP contribution is 2.34. The Morgan fingerprint density at radius 2 is 1.62 bits per heavy atom. The lowest BCUT2D eigenvalue weighted by molar-refractivity contribution is -0.135. The fraction of sp³-hybridized carbons (Fsp3) is 0.323. The van der Waals surface area contributed by atoms with Crippen LogP contribution in [0.1, 0.15) is 44.4 Å². The molecule has 210 valence electrons. The third-order valence-corrected chi connectivity index (χ3v) is 8.06. The molecule has 0 bridgehead atoms. The van der Waals surface area contributed by atoms with Gasteiger partial charge in [-0.1, -0.05) is 78.5 Å². The number of urea groups is 1. The van der Waals surface area contributed by atoms with Crippen molar-refractivity contribution in [3.05, 3.63) is 89.5 Å². The maximum atomic E-state index is 13.6. The summed E-state index contributed by atoms with van der Waals surface area (Å²) >= 11 is 1.34. The number of fused-ring (bicyclic) bond motifs is 1. The summed E-state index contributed by atoms with van der Waals surface area (Å²) in [6, 6.07) is 23.7. The largest absolute Gasteiger partial charge is 0.341 e. The quantitative estimate of drug-likeness (QED) is 0.344. The topological polar surface area (TPSA) is 117 Å². The van der Waals surface area contributed by atoms with Crippen molar-refractivity contribution in [1.82, 2.24) is 20.9 Å². The highest BCUT2D eigenvalue weighted by Gasteiger charge is 2.34. The zero-order chi connectivity index (χ0) is 29.1. The second kappa shape index (κ2) is 11.7. The molecule has 0 fully saturated rings. The molecular weight excluding hydrogens is 522 g/mol. The number of hydrogen-bond acceptors (Lipinski definition) is 5. The van der Waals surface area contributed by atoms with Crippen LogP contribution in [0.5, 0.6) is 0 Å². The van der Waals surface area contributed by atoms with Gasteiger partial charge in [0.1, 0.15) is 0 Å². The van der Waals surface area contributed by atoms with Crippen molar-refractivity contribution in [2.24, 2.45) is 5.73 Å². The van der Waals surface area contributed by atoms with E-state index in [0.717, 1.165) is 32.7 Å². The lowest BCUT2D eigenvalue weighted by Gasteiger charge is -2.29. The minimum absolute atomic E-state index is 0.171. The molecular formula is C31H37N5O3S. The molecule has 5 N–H and O–H groups in total. The molecule has 9 heteroatoms. The molecule has 0 spiro atoms. The van der Waals surface area contributed by atoms with E-state index in [1.54, 1.807) is 25.8 Å². The molecule has 0 saturated heterocycles. The highest BCUT2D eigenvalue weighted by atomic mass is 32.2. The van der Waals surface area contributed by atoms with Gasteiger partial charge in [0, 0.05) is 25.0 Å². The number of nitrogens with zero attached hydrogens (tertiary/aromatic N) is 1. The van der Waals surface area contributed by atoms with Crippen LogP contribution in [0.15, 0.2) is 77.7 Å². The molecule has 0 unspecified atom stereocenters. The normalized spacial score (nSPS) is 15.6. The first-order valence-electron chi connectivity index (χ1n) is 13.2. The van der Waals surface area contributed by atoms with Crippen LogP contribution in [0.3, 0.4) is 0 Å². The second-order valence-electron chi connectivity index (χ2n) is 11.1. The van der Waals surface area contributed by atoms with E-state index >= 15 is 0 Å². The first kappa shape index (κ1) is 29.2. The Kier molecular flexibility index (Phi) is 8.56. The summed E-state index contributed by atoms with van der Waals surface area (Å²) in [7, 11) is 1.59. The van der Waals surface area contributed by atoms with Crippen LogP contribution in [-0.4, -0.2) is 40.7 Å². The van der Waals surface area contributed by atoms with E-state index in [1.165, 1.54) is 11.8 Å². The maximum absolute atomic E-state index is 13.6. The Bertz CT molecular complexity index is 1400. The molecule has 3 aromatic rings. The van der Waals surface area contributed by atoms with Gasteiger partial charge in [-0.25, -0.2) is 4.79 Å². The number of thioether (sulfide) groups is 1. The Balaban J connectivity index is 1.59. The second-order valence-corrected chi connectivity index (χ2v) is 12.2. The minimum Gasteiger partial charge on any atom is -0.341 e. The van der Waals surface area contributed by atoms with E-state index in [0.29, 0.717) is 13.1 Å². The summed E-state index contributed by atoms with van der Waals surface area (Å²) in [4.78, 5) is 41.1. The highest BCUT2D eigenvalue weighted by molar-refractivity contribution is 8.00. The van der Waals surface area contributed by atoms with Gasteiger partial charge in [-0.2, -0.15) is 0 Å². The molecule has 3 aromatic carbocycles. The van der Waals surface area contributed by atoms with Crippen molar-refractivity contribution >= 4 is 29.6 Å². The summed E-state index contributed by atoms with van der Waals surface area (Å²) in [5, 5.41) is 7.70. The van der Waals surface area contributed by atoms with Gasteiger partial charge in [0.2, 0.25) is 5.91 Å². The molecule has 0 aliphatic carbocycles. The van der Waals surface area contributed by atoms with E-state index in [1.807, 2.05) is 86.6 Å². The number of carbonyl (C=O) groups is 3. The third-order valence-electron chi connectivity index (χ3n) is 6.85. The van der Waals surface area contributed by atoms with Crippen LogP contribution < -0.4 is 21.7 Å². The summed E-state index contributed by atoms with van der Waals surface area (Å²) in [6.45, 7) is 8.00. The van der Waals surface area contributed by atoms with Gasteiger partial charge in [0.25, 0.3) is 5.91 Å². The van der Waals surface area contributed by atoms with Gasteiger partial charge < -0.3 is 26.6 Å². The third kappa shape index (κ3) is 6.66. The predicted molar refractivity (Wildman–Crippen MR) is 159 cm³/mol. The molecule has 1 aliphatic heterocycles. The Labute approximate surface area is 240 Å². The van der Waals surface area contributed by atoms with Gasteiger partial charge in [-0.3, -0.25) is 9.59 Å². The molecule has 0 radical (unpaired) electrons. The molecule has 40 heavy (non-hydrogen) atoms. The molecule has 1 heterocycles. The summed E-state index contributed by atoms with van der Waals surface area (Å²) in [5.74, 6) is -0.551. The van der Waals surface area contributed by atoms with Crippen LogP contribution in [0.25, 0.3) is 11.1 Å². The molecule has 0 aromatic heterocycles. The smallest absolute Gasteiger partial charge is 0.315 e. The minimum atomic E-state index is -1.10. The van der Waals surface area contributed by atoms with Crippen LogP contribution in [0, 0.1) is 0 Å². The van der Waals surface area contributed by atoms with E-state index < -0.39 is 16.5 Å². The average Bonchev–Trinajstić information content (AvgIpc) is 3.04. The van der Waals surface area contributed by atoms with Gasteiger partial charge in [0.05, 0.1) is 11.1 Å². The van der Waals surface area contributed by atoms with Crippen molar-refractivity contribution in [3.63, 3.8) is 0 Å². The molecule has 1 aliphatic rings. The van der Waals surface area contributed by atoms with Crippen molar-refractivity contribution < 1.29 is 14.4 Å². The van der Waals surface area contributed by atoms with Crippen molar-refractivity contribution in [2.75, 3.05) is 7.05 Å². The van der Waals surface area contributed by atoms with Gasteiger partial charge >= 0.3 is 6.03 Å². The molecule has 4 rings (SSSR count). The Hall–Kier alpha value is -3.82. The van der Waals surface area contributed by atoms with Gasteiger partial charge in [-0.15, -0.1) is 0 Å². The summed E-state index contributed by atoms with van der Waals surface area (Å²) in [6.07, 6.45) is 0. The number of nitrogens with two attached hydrogens (primary N) is 1. The molecule has 0 saturated carbocycles. The average molecular weight is 560 g/mol. The zero-order valence-corrected chi connectivity index (χ0v) is 24.4. The first-order chi connectivity index (χ1) is 18.9. The first-order valence-corrected chi connectivity index (χ1v) is 14.1. The fourth-order valence-electron chi connectivity index (χ4n) is 4.61. The maximum Gasteiger partial charge on any atom is 0.315 e. The fourth-order valence-corrected chi connectivity index (χ4v) is 5.72. The number of amides is 4. The molecule has 4 amide bonds. The number of benzene rings is 3. The number of hydrogen-bond donors (Lipinski definition) is 4. The van der Waals surface area contributed by atoms with Crippen LogP contribution in [-0.2, 0) is 28.2 Å². The van der Waals surface area contributed by atoms with E-state index in [-0.39, 0.29) is 17.8 Å². The van der Waals surface area contributed by atoms with Crippen LogP contribution in [0.2, 0.25) is 0 Å². The van der Waals surface area contributed by atoms with Crippen molar-refractivity contribution in [1.29, 1.82) is 0 Å². The molecule has 8 nitrogen and oxygen atoms in total. The Morgan fingerprint density at radius 1 is 0.975 bits per heavy atom. The van der Waals surface area contributed by atoms with Crippen molar-refractivity contribution in [3.8, 4) is 11.1 Å². The summed E-state index contributed by atoms with van der Waals surface area (Å²) in [5.41, 5.74) is 9.29. The lowest BCUT2D eigenvalue weighted by atomic mass is 9.87. The van der Waals surface area contributed by atoms with Gasteiger partial charge in [-0.05, 0) is 61.6 Å². The standard InChI is InChI=1S/C31H37N5O3S/c1-30(2,32)28(38)34-26-27(37)36(19-22-10-6-9-13-25(22)40-26)18-20-14-16-21(17-15-20)23-11-7-8-12-24(23)31(3,4)35-29(39)33-5/h6-17,26H,18-19,32H2,1-5H3,(H,34,38)(H2,33,35,39)/t26-/m1/s1. The van der Waals surface area contributed by atoms with Crippen molar-refractivity contribution in [2.45, 2.75) is 62.1 Å². The van der Waals surface area contributed by atoms with E-state index in [2.05, 4.69) is 16.0 Å². The monoisotopic (exact) mass is 559 g/mol. The summed E-state index contributed by atoms with van der Waals surface area (Å²) < 4.78 is 0. The number of rotatable bonds is 7. The number of nitrogens with one attached hydrogen (secondary N) is 3. The van der Waals surface area contributed by atoms with Crippen LogP contribution >= 0.6 is 11.8 Å². The number of carbonyl (C=O) groups excluding carboxylic acids is 3. The predicted octanol–water partition coefficient (Wildman–Crippen LogP) is 4.33. The van der Waals surface area contributed by atoms with Crippen LogP contribution in [0.4, 0.5) is 4.79 Å². The Morgan fingerprint density at radius 3 is 2.30 bits per heavy atom. The van der Waals surface area contributed by atoms with E-state index in [4.69, 9.17) is 5.73 Å². The SMILES string of the molecule is CNC(=O)NC(C)(C)c1ccccc1-c1ccc(CN2Cc3ccccc3S[C@@H](NC(=O)C(C)(C)N)C2=O)cc1.